The summed E-state index contributed by atoms with van der Waals surface area (Å²) in [5, 5.41) is 2.61. The summed E-state index contributed by atoms with van der Waals surface area (Å²) in [6.07, 6.45) is 1.00. The Hall–Kier alpha value is -3.56. The summed E-state index contributed by atoms with van der Waals surface area (Å²) < 4.78 is 37.7. The van der Waals surface area contributed by atoms with Gasteiger partial charge in [0.05, 0.1) is 17.7 Å². The fourth-order valence-electron chi connectivity index (χ4n) is 3.42. The SMILES string of the molecule is Cc1cc(C(=O)NCc2ncc(C(F)(F)F)cn2)cnc1N1CCc2ncccc2C1. The van der Waals surface area contributed by atoms with Gasteiger partial charge in [0.2, 0.25) is 0 Å². The standard InChI is InChI=1S/C21H19F3N6O/c1-13-7-15(20(31)29-11-18-26-9-16(10-27-18)21(22,23)24)8-28-19(13)30-6-4-17-14(12-30)3-2-5-25-17/h2-3,5,7-10H,4,6,11-12H2,1H3,(H,29,31). The van der Waals surface area contributed by atoms with Crippen LogP contribution in [0.3, 0.4) is 0 Å². The molecule has 1 aliphatic rings. The number of aryl methyl sites for hydroxylation is 1. The Balaban J connectivity index is 1.40. The molecule has 0 spiro atoms. The quantitative estimate of drug-likeness (QED) is 0.688. The number of hydrogen-bond donors (Lipinski definition) is 1. The highest BCUT2D eigenvalue weighted by Crippen LogP contribution is 2.28. The van der Waals surface area contributed by atoms with Crippen molar-refractivity contribution in [3.8, 4) is 0 Å². The second-order valence-corrected chi connectivity index (χ2v) is 7.21. The molecule has 7 nitrogen and oxygen atoms in total. The molecule has 1 N–H and O–H groups in total. The van der Waals surface area contributed by atoms with E-state index < -0.39 is 17.6 Å². The lowest BCUT2D eigenvalue weighted by atomic mass is 10.0. The van der Waals surface area contributed by atoms with Gasteiger partial charge in [-0.15, -0.1) is 0 Å². The minimum Gasteiger partial charge on any atom is -0.352 e. The van der Waals surface area contributed by atoms with E-state index in [9.17, 15) is 18.0 Å². The van der Waals surface area contributed by atoms with Crippen molar-refractivity contribution in [3.63, 3.8) is 0 Å². The summed E-state index contributed by atoms with van der Waals surface area (Å²) in [4.78, 5) is 30.8. The molecule has 0 aromatic carbocycles. The first-order valence-electron chi connectivity index (χ1n) is 9.62. The molecule has 160 valence electrons. The molecule has 31 heavy (non-hydrogen) atoms. The van der Waals surface area contributed by atoms with Gasteiger partial charge in [0.15, 0.2) is 0 Å². The molecule has 0 bridgehead atoms. The van der Waals surface area contributed by atoms with Crippen molar-refractivity contribution in [1.29, 1.82) is 0 Å². The summed E-state index contributed by atoms with van der Waals surface area (Å²) in [6.45, 7) is 3.28. The van der Waals surface area contributed by atoms with E-state index >= 15 is 0 Å². The third-order valence-electron chi connectivity index (χ3n) is 5.02. The van der Waals surface area contributed by atoms with Gasteiger partial charge in [-0.05, 0) is 30.2 Å². The molecule has 0 saturated heterocycles. The van der Waals surface area contributed by atoms with Gasteiger partial charge in [-0.2, -0.15) is 13.2 Å². The van der Waals surface area contributed by atoms with Crippen LogP contribution < -0.4 is 10.2 Å². The zero-order valence-corrected chi connectivity index (χ0v) is 16.6. The van der Waals surface area contributed by atoms with Crippen LogP contribution in [0.5, 0.6) is 0 Å². The Kier molecular flexibility index (Phi) is 5.53. The maximum atomic E-state index is 12.6. The van der Waals surface area contributed by atoms with Crippen molar-refractivity contribution in [2.24, 2.45) is 0 Å². The molecule has 4 heterocycles. The van der Waals surface area contributed by atoms with E-state index in [4.69, 9.17) is 0 Å². The molecule has 3 aromatic heterocycles. The lowest BCUT2D eigenvalue weighted by molar-refractivity contribution is -0.138. The molecule has 1 aliphatic heterocycles. The van der Waals surface area contributed by atoms with E-state index in [0.717, 1.165) is 35.6 Å². The summed E-state index contributed by atoms with van der Waals surface area (Å²) in [7, 11) is 0. The van der Waals surface area contributed by atoms with E-state index in [0.29, 0.717) is 24.5 Å². The van der Waals surface area contributed by atoms with Gasteiger partial charge in [0, 0.05) is 50.0 Å². The molecule has 10 heteroatoms. The van der Waals surface area contributed by atoms with Crippen LogP contribution in [-0.4, -0.2) is 32.4 Å². The number of aromatic nitrogens is 4. The van der Waals surface area contributed by atoms with Gasteiger partial charge in [0.25, 0.3) is 5.91 Å². The summed E-state index contributed by atoms with van der Waals surface area (Å²) >= 11 is 0. The number of anilines is 1. The number of carbonyl (C=O) groups is 1. The minimum atomic E-state index is -4.50. The van der Waals surface area contributed by atoms with Crippen LogP contribution in [0.25, 0.3) is 0 Å². The number of rotatable bonds is 4. The van der Waals surface area contributed by atoms with Crippen LogP contribution in [0.2, 0.25) is 0 Å². The van der Waals surface area contributed by atoms with Gasteiger partial charge in [-0.1, -0.05) is 6.07 Å². The maximum Gasteiger partial charge on any atom is 0.419 e. The van der Waals surface area contributed by atoms with Gasteiger partial charge >= 0.3 is 6.18 Å². The number of fused-ring (bicyclic) bond motifs is 1. The molecule has 0 unspecified atom stereocenters. The number of pyridine rings is 2. The van der Waals surface area contributed by atoms with E-state index in [-0.39, 0.29) is 12.4 Å². The van der Waals surface area contributed by atoms with Crippen molar-refractivity contribution in [2.75, 3.05) is 11.4 Å². The molecule has 0 fully saturated rings. The van der Waals surface area contributed by atoms with Gasteiger partial charge in [-0.25, -0.2) is 15.0 Å². The van der Waals surface area contributed by atoms with Crippen LogP contribution in [-0.2, 0) is 25.7 Å². The van der Waals surface area contributed by atoms with E-state index in [1.807, 2.05) is 13.0 Å². The largest absolute Gasteiger partial charge is 0.419 e. The van der Waals surface area contributed by atoms with E-state index in [1.54, 1.807) is 12.3 Å². The zero-order chi connectivity index (χ0) is 22.0. The summed E-state index contributed by atoms with van der Waals surface area (Å²) in [6, 6.07) is 5.70. The van der Waals surface area contributed by atoms with Gasteiger partial charge in [-0.3, -0.25) is 9.78 Å². The van der Waals surface area contributed by atoms with Crippen LogP contribution in [0.4, 0.5) is 19.0 Å². The second kappa shape index (κ2) is 8.29. The van der Waals surface area contributed by atoms with E-state index in [2.05, 4.69) is 36.2 Å². The molecule has 0 radical (unpaired) electrons. The second-order valence-electron chi connectivity index (χ2n) is 7.21. The van der Waals surface area contributed by atoms with Crippen LogP contribution in [0.1, 0.15) is 38.6 Å². The number of carbonyl (C=O) groups excluding carboxylic acids is 1. The molecule has 0 aliphatic carbocycles. The molecule has 3 aromatic rings. The van der Waals surface area contributed by atoms with Crippen molar-refractivity contribution < 1.29 is 18.0 Å². The Morgan fingerprint density at radius 2 is 1.94 bits per heavy atom. The summed E-state index contributed by atoms with van der Waals surface area (Å²) in [5.74, 6) is 0.485. The van der Waals surface area contributed by atoms with Crippen LogP contribution in [0.15, 0.2) is 43.0 Å². The van der Waals surface area contributed by atoms with Crippen molar-refractivity contribution >= 4 is 11.7 Å². The van der Waals surface area contributed by atoms with Crippen molar-refractivity contribution in [2.45, 2.75) is 32.6 Å². The average molecular weight is 428 g/mol. The molecule has 0 atom stereocenters. The number of amides is 1. The molecule has 0 saturated carbocycles. The first kappa shape index (κ1) is 20.7. The predicted octanol–water partition coefficient (Wildman–Crippen LogP) is 3.09. The minimum absolute atomic E-state index is 0.0863. The van der Waals surface area contributed by atoms with Gasteiger partial charge in [0.1, 0.15) is 11.6 Å². The monoisotopic (exact) mass is 428 g/mol. The highest BCUT2D eigenvalue weighted by molar-refractivity contribution is 5.94. The third-order valence-corrected chi connectivity index (χ3v) is 5.02. The highest BCUT2D eigenvalue weighted by Gasteiger charge is 2.31. The molecular weight excluding hydrogens is 409 g/mol. The fraction of sp³-hybridized carbons (Fsp3) is 0.286. The first-order chi connectivity index (χ1) is 14.8. The summed E-state index contributed by atoms with van der Waals surface area (Å²) in [5.41, 5.74) is 2.53. The molecule has 1 amide bonds. The van der Waals surface area contributed by atoms with Crippen molar-refractivity contribution in [1.82, 2.24) is 25.3 Å². The Morgan fingerprint density at radius 1 is 1.16 bits per heavy atom. The van der Waals surface area contributed by atoms with Crippen LogP contribution in [0, 0.1) is 6.92 Å². The Labute approximate surface area is 176 Å². The number of alkyl halides is 3. The number of nitrogens with zero attached hydrogens (tertiary/aromatic N) is 5. The zero-order valence-electron chi connectivity index (χ0n) is 16.6. The Morgan fingerprint density at radius 3 is 2.65 bits per heavy atom. The van der Waals surface area contributed by atoms with Gasteiger partial charge < -0.3 is 10.2 Å². The Bertz CT molecular complexity index is 1100. The first-order valence-corrected chi connectivity index (χ1v) is 9.62. The van der Waals surface area contributed by atoms with E-state index in [1.165, 1.54) is 6.20 Å². The predicted molar refractivity (Wildman–Crippen MR) is 106 cm³/mol. The lowest BCUT2D eigenvalue weighted by Crippen LogP contribution is -2.32. The topological polar surface area (TPSA) is 83.9 Å². The molecular formula is C21H19F3N6O. The number of hydrogen-bond acceptors (Lipinski definition) is 6. The lowest BCUT2D eigenvalue weighted by Gasteiger charge is -2.30. The fourth-order valence-corrected chi connectivity index (χ4v) is 3.42. The van der Waals surface area contributed by atoms with Crippen LogP contribution >= 0.6 is 0 Å². The third kappa shape index (κ3) is 4.62. The smallest absolute Gasteiger partial charge is 0.352 e. The number of halogens is 3. The van der Waals surface area contributed by atoms with Crippen molar-refractivity contribution in [3.05, 3.63) is 76.8 Å². The normalized spacial score (nSPS) is 13.6. The maximum absolute atomic E-state index is 12.6. The average Bonchev–Trinajstić information content (AvgIpc) is 2.76. The molecule has 4 rings (SSSR count). The highest BCUT2D eigenvalue weighted by atomic mass is 19.4. The number of nitrogens with one attached hydrogen (secondary N) is 1.